The van der Waals surface area contributed by atoms with Crippen molar-refractivity contribution in [1.82, 2.24) is 4.98 Å². The Morgan fingerprint density at radius 2 is 2.16 bits per heavy atom. The van der Waals surface area contributed by atoms with Crippen molar-refractivity contribution in [2.45, 2.75) is 13.3 Å². The molecule has 2 rings (SSSR count). The minimum Gasteiger partial charge on any atom is -0.439 e. The molecule has 0 saturated heterocycles. The van der Waals surface area contributed by atoms with Crippen molar-refractivity contribution in [3.63, 3.8) is 0 Å². The number of carbonyl (C=O) groups excluding carboxylic acids is 1. The SMILES string of the molecule is Cc1nc2cccc(NC(=O)CCS(C)(=O)=O)c2o1. The van der Waals surface area contributed by atoms with E-state index in [0.29, 0.717) is 22.7 Å². The van der Waals surface area contributed by atoms with Gasteiger partial charge in [-0.05, 0) is 12.1 Å². The molecule has 6 nitrogen and oxygen atoms in total. The number of nitrogens with one attached hydrogen (secondary N) is 1. The van der Waals surface area contributed by atoms with Crippen LogP contribution in [0.2, 0.25) is 0 Å². The van der Waals surface area contributed by atoms with Crippen molar-refractivity contribution in [3.8, 4) is 0 Å². The summed E-state index contributed by atoms with van der Waals surface area (Å²) in [5, 5.41) is 2.63. The Morgan fingerprint density at radius 3 is 2.84 bits per heavy atom. The normalized spacial score (nSPS) is 11.7. The predicted molar refractivity (Wildman–Crippen MR) is 71.7 cm³/mol. The number of carbonyl (C=O) groups is 1. The molecule has 7 heteroatoms. The van der Waals surface area contributed by atoms with Crippen LogP contribution in [-0.2, 0) is 14.6 Å². The Kier molecular flexibility index (Phi) is 3.57. The third-order valence-corrected chi connectivity index (χ3v) is 3.44. The maximum absolute atomic E-state index is 11.7. The molecule has 0 spiro atoms. The number of sulfone groups is 1. The molecule has 0 saturated carbocycles. The van der Waals surface area contributed by atoms with E-state index in [2.05, 4.69) is 10.3 Å². The van der Waals surface area contributed by atoms with E-state index in [-0.39, 0.29) is 18.1 Å². The van der Waals surface area contributed by atoms with Crippen molar-refractivity contribution >= 4 is 32.5 Å². The molecule has 0 aliphatic carbocycles. The lowest BCUT2D eigenvalue weighted by atomic mass is 10.2. The van der Waals surface area contributed by atoms with Crippen LogP contribution in [-0.4, -0.2) is 31.3 Å². The molecule has 2 aromatic rings. The average Bonchev–Trinajstić information content (AvgIpc) is 2.67. The molecule has 0 aliphatic heterocycles. The number of oxazole rings is 1. The lowest BCUT2D eigenvalue weighted by Gasteiger charge is -2.04. The third-order valence-electron chi connectivity index (χ3n) is 2.50. The number of para-hydroxylation sites is 1. The fraction of sp³-hybridized carbons (Fsp3) is 0.333. The van der Waals surface area contributed by atoms with Crippen molar-refractivity contribution in [3.05, 3.63) is 24.1 Å². The molecule has 1 aromatic heterocycles. The number of hydrogen-bond acceptors (Lipinski definition) is 5. The second kappa shape index (κ2) is 5.00. The first kappa shape index (κ1) is 13.5. The summed E-state index contributed by atoms with van der Waals surface area (Å²) in [5.41, 5.74) is 1.64. The number of aromatic nitrogens is 1. The molecule has 19 heavy (non-hydrogen) atoms. The molecule has 0 fully saturated rings. The fourth-order valence-electron chi connectivity index (χ4n) is 1.65. The van der Waals surface area contributed by atoms with E-state index in [1.165, 1.54) is 0 Å². The molecule has 0 bridgehead atoms. The number of rotatable bonds is 4. The van der Waals surface area contributed by atoms with Crippen LogP contribution < -0.4 is 5.32 Å². The van der Waals surface area contributed by atoms with Crippen LogP contribution in [0.15, 0.2) is 22.6 Å². The van der Waals surface area contributed by atoms with Crippen molar-refractivity contribution < 1.29 is 17.6 Å². The fourth-order valence-corrected chi connectivity index (χ4v) is 2.21. The highest BCUT2D eigenvalue weighted by molar-refractivity contribution is 7.90. The van der Waals surface area contributed by atoms with Gasteiger partial charge < -0.3 is 9.73 Å². The summed E-state index contributed by atoms with van der Waals surface area (Å²) in [6.07, 6.45) is 1.02. The summed E-state index contributed by atoms with van der Waals surface area (Å²) in [7, 11) is -3.15. The van der Waals surface area contributed by atoms with Crippen LogP contribution in [0, 0.1) is 6.92 Å². The van der Waals surface area contributed by atoms with Crippen LogP contribution in [0.5, 0.6) is 0 Å². The lowest BCUT2D eigenvalue weighted by Crippen LogP contribution is -2.16. The summed E-state index contributed by atoms with van der Waals surface area (Å²) in [6.45, 7) is 1.72. The summed E-state index contributed by atoms with van der Waals surface area (Å²) in [5.74, 6) is -0.0376. The highest BCUT2D eigenvalue weighted by Gasteiger charge is 2.12. The van der Waals surface area contributed by atoms with Crippen molar-refractivity contribution in [1.29, 1.82) is 0 Å². The topological polar surface area (TPSA) is 89.3 Å². The zero-order valence-electron chi connectivity index (χ0n) is 10.6. The molecule has 1 N–H and O–H groups in total. The quantitative estimate of drug-likeness (QED) is 0.918. The first-order valence-corrected chi connectivity index (χ1v) is 7.75. The highest BCUT2D eigenvalue weighted by atomic mass is 32.2. The Balaban J connectivity index is 2.15. The van der Waals surface area contributed by atoms with Crippen LogP contribution >= 0.6 is 0 Å². The monoisotopic (exact) mass is 282 g/mol. The Morgan fingerprint density at radius 1 is 1.42 bits per heavy atom. The number of amides is 1. The number of anilines is 1. The van der Waals surface area contributed by atoms with Gasteiger partial charge in [0, 0.05) is 19.6 Å². The summed E-state index contributed by atoms with van der Waals surface area (Å²) in [6, 6.07) is 5.21. The first-order chi connectivity index (χ1) is 8.85. The van der Waals surface area contributed by atoms with Gasteiger partial charge in [0.15, 0.2) is 11.5 Å². The largest absolute Gasteiger partial charge is 0.439 e. The van der Waals surface area contributed by atoms with E-state index in [1.54, 1.807) is 25.1 Å². The minimum absolute atomic E-state index is 0.0810. The van der Waals surface area contributed by atoms with Crippen molar-refractivity contribution in [2.75, 3.05) is 17.3 Å². The van der Waals surface area contributed by atoms with Gasteiger partial charge in [-0.15, -0.1) is 0 Å². The molecular weight excluding hydrogens is 268 g/mol. The number of fused-ring (bicyclic) bond motifs is 1. The maximum atomic E-state index is 11.7. The van der Waals surface area contributed by atoms with Crippen LogP contribution in [0.4, 0.5) is 5.69 Å². The second-order valence-electron chi connectivity index (χ2n) is 4.31. The second-order valence-corrected chi connectivity index (χ2v) is 6.57. The predicted octanol–water partition coefficient (Wildman–Crippen LogP) is 1.51. The van der Waals surface area contributed by atoms with E-state index in [1.807, 2.05) is 0 Å². The van der Waals surface area contributed by atoms with Gasteiger partial charge in [0.25, 0.3) is 0 Å². The number of benzene rings is 1. The summed E-state index contributed by atoms with van der Waals surface area (Å²) in [4.78, 5) is 15.8. The zero-order valence-corrected chi connectivity index (χ0v) is 11.5. The summed E-state index contributed by atoms with van der Waals surface area (Å²) < 4.78 is 27.4. The number of hydrogen-bond donors (Lipinski definition) is 1. The molecule has 0 radical (unpaired) electrons. The van der Waals surface area contributed by atoms with Crippen LogP contribution in [0.3, 0.4) is 0 Å². The molecule has 0 aliphatic rings. The van der Waals surface area contributed by atoms with Gasteiger partial charge in [0.05, 0.1) is 11.4 Å². The number of nitrogens with zero attached hydrogens (tertiary/aromatic N) is 1. The van der Waals surface area contributed by atoms with Gasteiger partial charge in [0.1, 0.15) is 15.4 Å². The van der Waals surface area contributed by atoms with E-state index >= 15 is 0 Å². The van der Waals surface area contributed by atoms with E-state index in [4.69, 9.17) is 4.42 Å². The van der Waals surface area contributed by atoms with Gasteiger partial charge in [-0.3, -0.25) is 4.79 Å². The molecule has 0 atom stereocenters. The van der Waals surface area contributed by atoms with Gasteiger partial charge in [-0.25, -0.2) is 13.4 Å². The molecule has 1 aromatic carbocycles. The average molecular weight is 282 g/mol. The smallest absolute Gasteiger partial charge is 0.225 e. The number of aryl methyl sites for hydroxylation is 1. The van der Waals surface area contributed by atoms with Gasteiger partial charge in [-0.2, -0.15) is 0 Å². The molecule has 0 unspecified atom stereocenters. The maximum Gasteiger partial charge on any atom is 0.225 e. The van der Waals surface area contributed by atoms with E-state index in [0.717, 1.165) is 6.26 Å². The Labute approximate surface area is 110 Å². The Hall–Kier alpha value is -1.89. The molecule has 1 amide bonds. The minimum atomic E-state index is -3.15. The Bertz CT molecular complexity index is 718. The standard InChI is InChI=1S/C12H14N2O4S/c1-8-13-9-4-3-5-10(12(9)18-8)14-11(15)6-7-19(2,16)17/h3-5H,6-7H2,1-2H3,(H,14,15). The van der Waals surface area contributed by atoms with E-state index < -0.39 is 9.84 Å². The first-order valence-electron chi connectivity index (χ1n) is 5.69. The molecule has 1 heterocycles. The van der Waals surface area contributed by atoms with E-state index in [9.17, 15) is 13.2 Å². The van der Waals surface area contributed by atoms with Gasteiger partial charge in [0.2, 0.25) is 5.91 Å². The molecule has 102 valence electrons. The summed E-state index contributed by atoms with van der Waals surface area (Å²) >= 11 is 0. The van der Waals surface area contributed by atoms with Gasteiger partial charge >= 0.3 is 0 Å². The van der Waals surface area contributed by atoms with Crippen molar-refractivity contribution in [2.24, 2.45) is 0 Å². The zero-order chi connectivity index (χ0) is 14.0. The lowest BCUT2D eigenvalue weighted by molar-refractivity contribution is -0.115. The highest BCUT2D eigenvalue weighted by Crippen LogP contribution is 2.24. The van der Waals surface area contributed by atoms with Crippen LogP contribution in [0.1, 0.15) is 12.3 Å². The molecular formula is C12H14N2O4S. The van der Waals surface area contributed by atoms with Crippen LogP contribution in [0.25, 0.3) is 11.1 Å². The third kappa shape index (κ3) is 3.54. The van der Waals surface area contributed by atoms with Gasteiger partial charge in [-0.1, -0.05) is 6.07 Å².